The number of benzene rings is 1. The van der Waals surface area contributed by atoms with Crippen molar-refractivity contribution in [3.63, 3.8) is 0 Å². The van der Waals surface area contributed by atoms with Gasteiger partial charge in [-0.3, -0.25) is 9.59 Å². The smallest absolute Gasteiger partial charge is 0.163 e. The first-order valence-electron chi connectivity index (χ1n) is 9.52. The highest BCUT2D eigenvalue weighted by Gasteiger charge is 2.24. The second kappa shape index (κ2) is 9.21. The highest BCUT2D eigenvalue weighted by Crippen LogP contribution is 2.38. The molecule has 0 unspecified atom stereocenters. The zero-order valence-corrected chi connectivity index (χ0v) is 18.4. The molecule has 0 atom stereocenters. The van der Waals surface area contributed by atoms with Gasteiger partial charge in [-0.15, -0.1) is 0 Å². The molecular weight excluding hydrogens is 379 g/mol. The van der Waals surface area contributed by atoms with Gasteiger partial charge in [0.05, 0.1) is 10.1 Å². The third-order valence-corrected chi connectivity index (χ3v) is 6.10. The molecule has 2 rings (SSSR count). The van der Waals surface area contributed by atoms with Gasteiger partial charge in [0, 0.05) is 24.0 Å². The second-order valence-electron chi connectivity index (χ2n) is 7.95. The van der Waals surface area contributed by atoms with Crippen molar-refractivity contribution in [1.82, 2.24) is 0 Å². The summed E-state index contributed by atoms with van der Waals surface area (Å²) >= 11 is 12.3. The summed E-state index contributed by atoms with van der Waals surface area (Å²) < 4.78 is 0. The highest BCUT2D eigenvalue weighted by atomic mass is 35.5. The Kier molecular flexibility index (Phi) is 7.47. The number of Topliss-reactive ketones (excluding diaryl/α,β-unsaturated/α-hetero) is 2. The molecule has 0 heterocycles. The van der Waals surface area contributed by atoms with Gasteiger partial charge in [0.1, 0.15) is 0 Å². The van der Waals surface area contributed by atoms with Gasteiger partial charge in [-0.25, -0.2) is 0 Å². The van der Waals surface area contributed by atoms with Crippen LogP contribution in [0.1, 0.15) is 73.5 Å². The molecule has 0 amide bonds. The minimum Gasteiger partial charge on any atom is -0.294 e. The van der Waals surface area contributed by atoms with Crippen molar-refractivity contribution >= 4 is 34.8 Å². The fraction of sp³-hybridized carbons (Fsp3) is 0.478. The van der Waals surface area contributed by atoms with E-state index in [-0.39, 0.29) is 11.6 Å². The number of rotatable bonds is 8. The second-order valence-corrected chi connectivity index (χ2v) is 8.70. The number of aryl methyl sites for hydroxylation is 3. The van der Waals surface area contributed by atoms with E-state index in [4.69, 9.17) is 23.2 Å². The molecule has 27 heavy (non-hydrogen) atoms. The Hall–Kier alpha value is -1.38. The number of allylic oxidation sites excluding steroid dienone is 4. The van der Waals surface area contributed by atoms with Crippen LogP contribution in [0.4, 0.5) is 0 Å². The Bertz CT molecular complexity index is 806. The molecule has 1 aliphatic rings. The van der Waals surface area contributed by atoms with E-state index in [2.05, 4.69) is 13.8 Å². The van der Waals surface area contributed by atoms with Crippen LogP contribution in [-0.4, -0.2) is 11.6 Å². The first-order chi connectivity index (χ1) is 12.6. The van der Waals surface area contributed by atoms with Crippen LogP contribution in [0, 0.1) is 19.8 Å². The van der Waals surface area contributed by atoms with Crippen molar-refractivity contribution in [2.75, 3.05) is 0 Å². The number of hydrogen-bond donors (Lipinski definition) is 0. The lowest BCUT2D eigenvalue weighted by atomic mass is 9.91. The molecular formula is C23H28Cl2O2. The lowest BCUT2D eigenvalue weighted by Crippen LogP contribution is -2.08. The van der Waals surface area contributed by atoms with Gasteiger partial charge < -0.3 is 0 Å². The molecule has 1 aromatic carbocycles. The summed E-state index contributed by atoms with van der Waals surface area (Å²) in [6.45, 7) is 10.1. The van der Waals surface area contributed by atoms with E-state index in [0.717, 1.165) is 34.2 Å². The van der Waals surface area contributed by atoms with Crippen molar-refractivity contribution in [3.8, 4) is 0 Å². The Balaban J connectivity index is 2.07. The van der Waals surface area contributed by atoms with E-state index in [1.54, 1.807) is 0 Å². The maximum Gasteiger partial charge on any atom is 0.163 e. The molecule has 0 aliphatic heterocycles. The number of carbonyl (C=O) groups is 2. The summed E-state index contributed by atoms with van der Waals surface area (Å²) in [5, 5.41) is 0.911. The van der Waals surface area contributed by atoms with Gasteiger partial charge in [0.2, 0.25) is 0 Å². The quantitative estimate of drug-likeness (QED) is 0.443. The molecule has 0 bridgehead atoms. The molecule has 2 nitrogen and oxygen atoms in total. The summed E-state index contributed by atoms with van der Waals surface area (Å²) in [5.74, 6) is 0.769. The van der Waals surface area contributed by atoms with Gasteiger partial charge in [0.25, 0.3) is 0 Å². The van der Waals surface area contributed by atoms with E-state index in [9.17, 15) is 9.59 Å². The molecule has 0 saturated carbocycles. The summed E-state index contributed by atoms with van der Waals surface area (Å²) in [5.41, 5.74) is 5.45. The average Bonchev–Trinajstić information content (AvgIpc) is 2.84. The van der Waals surface area contributed by atoms with E-state index < -0.39 is 0 Å². The van der Waals surface area contributed by atoms with Crippen LogP contribution >= 0.6 is 23.2 Å². The summed E-state index contributed by atoms with van der Waals surface area (Å²) in [7, 11) is 0. The molecule has 0 aromatic heterocycles. The third kappa shape index (κ3) is 5.33. The summed E-state index contributed by atoms with van der Waals surface area (Å²) in [6, 6.07) is 4.06. The molecule has 0 spiro atoms. The number of halogens is 2. The zero-order chi connectivity index (χ0) is 20.3. The van der Waals surface area contributed by atoms with Crippen molar-refractivity contribution in [2.45, 2.75) is 66.7 Å². The first-order valence-corrected chi connectivity index (χ1v) is 10.3. The first kappa shape index (κ1) is 21.9. The lowest BCUT2D eigenvalue weighted by Gasteiger charge is -2.13. The number of ketones is 2. The van der Waals surface area contributed by atoms with Gasteiger partial charge in [-0.2, -0.15) is 0 Å². The van der Waals surface area contributed by atoms with Crippen LogP contribution in [0.2, 0.25) is 0 Å². The SMILES string of the molecule is CC1=C(Cl)C(Cl)=C(C(=O)CCc2cc(C)c(C(=O)CCC(C)C)c(C)c2)C1. The molecule has 1 aliphatic carbocycles. The fourth-order valence-electron chi connectivity index (χ4n) is 3.55. The van der Waals surface area contributed by atoms with Crippen molar-refractivity contribution < 1.29 is 9.59 Å². The number of hydrogen-bond acceptors (Lipinski definition) is 2. The van der Waals surface area contributed by atoms with Crippen molar-refractivity contribution in [2.24, 2.45) is 5.92 Å². The average molecular weight is 407 g/mol. The normalized spacial score (nSPS) is 14.5. The summed E-state index contributed by atoms with van der Waals surface area (Å²) in [4.78, 5) is 25.1. The largest absolute Gasteiger partial charge is 0.294 e. The fourth-order valence-corrected chi connectivity index (χ4v) is 4.07. The van der Waals surface area contributed by atoms with Crippen LogP contribution < -0.4 is 0 Å². The molecule has 0 saturated heterocycles. The van der Waals surface area contributed by atoms with Crippen LogP contribution in [-0.2, 0) is 11.2 Å². The van der Waals surface area contributed by atoms with E-state index >= 15 is 0 Å². The Morgan fingerprint density at radius 3 is 2.04 bits per heavy atom. The molecule has 0 N–H and O–H groups in total. The number of carbonyl (C=O) groups excluding carboxylic acids is 2. The minimum atomic E-state index is 0.0439. The lowest BCUT2D eigenvalue weighted by molar-refractivity contribution is -0.115. The maximum atomic E-state index is 12.5. The predicted molar refractivity (Wildman–Crippen MR) is 114 cm³/mol. The summed E-state index contributed by atoms with van der Waals surface area (Å²) in [6.07, 6.45) is 3.04. The predicted octanol–water partition coefficient (Wildman–Crippen LogP) is 6.83. The molecule has 146 valence electrons. The molecule has 0 fully saturated rings. The van der Waals surface area contributed by atoms with Gasteiger partial charge >= 0.3 is 0 Å². The van der Waals surface area contributed by atoms with Crippen molar-refractivity contribution in [3.05, 3.63) is 55.6 Å². The van der Waals surface area contributed by atoms with E-state index in [0.29, 0.717) is 47.2 Å². The van der Waals surface area contributed by atoms with Crippen LogP contribution in [0.25, 0.3) is 0 Å². The van der Waals surface area contributed by atoms with Crippen molar-refractivity contribution in [1.29, 1.82) is 0 Å². The third-order valence-electron chi connectivity index (χ3n) is 5.07. The molecule has 0 radical (unpaired) electrons. The Labute approximate surface area is 172 Å². The highest BCUT2D eigenvalue weighted by molar-refractivity contribution is 6.46. The zero-order valence-electron chi connectivity index (χ0n) is 16.8. The topological polar surface area (TPSA) is 34.1 Å². The van der Waals surface area contributed by atoms with Gasteiger partial charge in [-0.1, -0.05) is 49.2 Å². The van der Waals surface area contributed by atoms with Crippen LogP contribution in [0.5, 0.6) is 0 Å². The molecule has 1 aromatic rings. The van der Waals surface area contributed by atoms with Gasteiger partial charge in [-0.05, 0) is 68.2 Å². The standard InChI is InChI=1S/C23H28Cl2O2/c1-13(2)6-8-20(27)21-14(3)10-17(11-15(21)4)7-9-19(26)18-12-16(5)22(24)23(18)25/h10-11,13H,6-9,12H2,1-5H3. The maximum absolute atomic E-state index is 12.5. The van der Waals surface area contributed by atoms with E-state index in [1.165, 1.54) is 0 Å². The van der Waals surface area contributed by atoms with Crippen LogP contribution in [0.3, 0.4) is 0 Å². The van der Waals surface area contributed by atoms with Gasteiger partial charge in [0.15, 0.2) is 11.6 Å². The molecule has 4 heteroatoms. The Morgan fingerprint density at radius 1 is 0.963 bits per heavy atom. The Morgan fingerprint density at radius 2 is 1.56 bits per heavy atom. The van der Waals surface area contributed by atoms with E-state index in [1.807, 2.05) is 32.9 Å². The monoisotopic (exact) mass is 406 g/mol. The van der Waals surface area contributed by atoms with Crippen LogP contribution in [0.15, 0.2) is 33.3 Å². The minimum absolute atomic E-state index is 0.0439.